The molecule has 0 spiro atoms. The third kappa shape index (κ3) is 2.70. The standard InChI is InChI=1S/C16H19N3OS/c1-9(2)11-4-6-12(7-5-11)15-14-10(3)18-19-16(14)17-13(20)8-21-15/h4-7,9,15H,8H2,1-3H3,(H2,17,18,19,20). The van der Waals surface area contributed by atoms with Crippen molar-refractivity contribution >= 4 is 23.5 Å². The first-order valence-electron chi connectivity index (χ1n) is 7.12. The maximum atomic E-state index is 11.8. The van der Waals surface area contributed by atoms with Crippen LogP contribution in [0.2, 0.25) is 0 Å². The molecule has 2 heterocycles. The molecule has 110 valence electrons. The van der Waals surface area contributed by atoms with Gasteiger partial charge in [0.1, 0.15) is 0 Å². The summed E-state index contributed by atoms with van der Waals surface area (Å²) < 4.78 is 0. The van der Waals surface area contributed by atoms with Gasteiger partial charge in [0.2, 0.25) is 5.91 Å². The second-order valence-electron chi connectivity index (χ2n) is 5.67. The Labute approximate surface area is 128 Å². The van der Waals surface area contributed by atoms with Gasteiger partial charge >= 0.3 is 0 Å². The number of amides is 1. The average Bonchev–Trinajstić information content (AvgIpc) is 2.72. The molecule has 1 unspecified atom stereocenters. The number of rotatable bonds is 2. The largest absolute Gasteiger partial charge is 0.308 e. The highest BCUT2D eigenvalue weighted by Gasteiger charge is 2.28. The Hall–Kier alpha value is -1.75. The lowest BCUT2D eigenvalue weighted by Crippen LogP contribution is -2.12. The first-order chi connectivity index (χ1) is 10.1. The van der Waals surface area contributed by atoms with Crippen LogP contribution in [0, 0.1) is 6.92 Å². The molecule has 1 aromatic heterocycles. The van der Waals surface area contributed by atoms with E-state index in [1.54, 1.807) is 11.8 Å². The van der Waals surface area contributed by atoms with Crippen LogP contribution in [-0.2, 0) is 4.79 Å². The lowest BCUT2D eigenvalue weighted by atomic mass is 9.98. The van der Waals surface area contributed by atoms with Crippen molar-refractivity contribution in [3.8, 4) is 0 Å². The number of aryl methyl sites for hydroxylation is 1. The summed E-state index contributed by atoms with van der Waals surface area (Å²) in [6.45, 7) is 6.38. The number of anilines is 1. The van der Waals surface area contributed by atoms with Crippen molar-refractivity contribution in [2.45, 2.75) is 31.9 Å². The molecule has 0 saturated heterocycles. The van der Waals surface area contributed by atoms with Gasteiger partial charge in [0.15, 0.2) is 5.82 Å². The van der Waals surface area contributed by atoms with E-state index in [9.17, 15) is 4.79 Å². The van der Waals surface area contributed by atoms with Crippen LogP contribution in [-0.4, -0.2) is 21.9 Å². The van der Waals surface area contributed by atoms with E-state index < -0.39 is 0 Å². The highest BCUT2D eigenvalue weighted by molar-refractivity contribution is 8.00. The van der Waals surface area contributed by atoms with E-state index >= 15 is 0 Å². The van der Waals surface area contributed by atoms with E-state index in [2.05, 4.69) is 53.6 Å². The molecule has 0 aliphatic carbocycles. The monoisotopic (exact) mass is 301 g/mol. The number of nitrogens with zero attached hydrogens (tertiary/aromatic N) is 1. The van der Waals surface area contributed by atoms with E-state index in [-0.39, 0.29) is 11.2 Å². The molecule has 0 fully saturated rings. The van der Waals surface area contributed by atoms with Crippen molar-refractivity contribution in [2.24, 2.45) is 0 Å². The van der Waals surface area contributed by atoms with Crippen molar-refractivity contribution in [3.63, 3.8) is 0 Å². The molecular weight excluding hydrogens is 282 g/mol. The number of nitrogens with one attached hydrogen (secondary N) is 2. The van der Waals surface area contributed by atoms with Gasteiger partial charge in [0.05, 0.1) is 11.0 Å². The lowest BCUT2D eigenvalue weighted by molar-refractivity contribution is -0.113. The van der Waals surface area contributed by atoms with Crippen LogP contribution in [0.1, 0.15) is 47.4 Å². The van der Waals surface area contributed by atoms with Crippen molar-refractivity contribution < 1.29 is 4.79 Å². The van der Waals surface area contributed by atoms with E-state index in [4.69, 9.17) is 0 Å². The third-order valence-electron chi connectivity index (χ3n) is 3.80. The van der Waals surface area contributed by atoms with E-state index in [1.165, 1.54) is 11.1 Å². The van der Waals surface area contributed by atoms with Crippen LogP contribution in [0.5, 0.6) is 0 Å². The van der Waals surface area contributed by atoms with E-state index in [0.29, 0.717) is 17.5 Å². The Bertz CT molecular complexity index is 661. The van der Waals surface area contributed by atoms with Gasteiger partial charge in [-0.3, -0.25) is 9.89 Å². The zero-order chi connectivity index (χ0) is 15.0. The third-order valence-corrected chi connectivity index (χ3v) is 5.07. The van der Waals surface area contributed by atoms with Crippen molar-refractivity contribution in [3.05, 3.63) is 46.6 Å². The first-order valence-corrected chi connectivity index (χ1v) is 8.17. The number of benzene rings is 1. The number of hydrogen-bond acceptors (Lipinski definition) is 3. The summed E-state index contributed by atoms with van der Waals surface area (Å²) in [6.07, 6.45) is 0. The maximum absolute atomic E-state index is 11.8. The fourth-order valence-electron chi connectivity index (χ4n) is 2.58. The minimum atomic E-state index is 0.00838. The number of hydrogen-bond donors (Lipinski definition) is 2. The molecule has 5 heteroatoms. The SMILES string of the molecule is Cc1[nH]nc2c1C(c1ccc(C(C)C)cc1)SCC(=O)N2. The molecule has 4 nitrogen and oxygen atoms in total. The van der Waals surface area contributed by atoms with Gasteiger partial charge in [-0.05, 0) is 24.0 Å². The van der Waals surface area contributed by atoms with Gasteiger partial charge in [-0.15, -0.1) is 11.8 Å². The summed E-state index contributed by atoms with van der Waals surface area (Å²) in [4.78, 5) is 11.8. The summed E-state index contributed by atoms with van der Waals surface area (Å²) in [7, 11) is 0. The highest BCUT2D eigenvalue weighted by Crippen LogP contribution is 2.42. The second kappa shape index (κ2) is 5.56. The number of thioether (sulfide) groups is 1. The Morgan fingerprint density at radius 2 is 2.00 bits per heavy atom. The van der Waals surface area contributed by atoms with Crippen LogP contribution in [0.4, 0.5) is 5.82 Å². The highest BCUT2D eigenvalue weighted by atomic mass is 32.2. The van der Waals surface area contributed by atoms with Crippen molar-refractivity contribution in [2.75, 3.05) is 11.1 Å². The topological polar surface area (TPSA) is 57.8 Å². The van der Waals surface area contributed by atoms with Gasteiger partial charge in [0.25, 0.3) is 0 Å². The minimum Gasteiger partial charge on any atom is -0.308 e. The maximum Gasteiger partial charge on any atom is 0.235 e. The van der Waals surface area contributed by atoms with Crippen LogP contribution < -0.4 is 5.32 Å². The molecule has 2 N–H and O–H groups in total. The molecule has 3 rings (SSSR count). The summed E-state index contributed by atoms with van der Waals surface area (Å²) >= 11 is 1.65. The predicted octanol–water partition coefficient (Wildman–Crippen LogP) is 3.62. The normalized spacial score (nSPS) is 18.3. The number of carbonyl (C=O) groups excluding carboxylic acids is 1. The van der Waals surface area contributed by atoms with E-state index in [1.807, 2.05) is 6.92 Å². The van der Waals surface area contributed by atoms with Crippen molar-refractivity contribution in [1.82, 2.24) is 10.2 Å². The molecule has 1 aromatic carbocycles. The molecule has 1 aliphatic rings. The lowest BCUT2D eigenvalue weighted by Gasteiger charge is -2.16. The summed E-state index contributed by atoms with van der Waals surface area (Å²) in [6, 6.07) is 8.68. The summed E-state index contributed by atoms with van der Waals surface area (Å²) in [5.41, 5.74) is 4.64. The first kappa shape index (κ1) is 14.2. The van der Waals surface area contributed by atoms with Crippen LogP contribution in [0.3, 0.4) is 0 Å². The molecular formula is C16H19N3OS. The molecule has 1 aliphatic heterocycles. The molecule has 0 radical (unpaired) electrons. The smallest absolute Gasteiger partial charge is 0.235 e. The summed E-state index contributed by atoms with van der Waals surface area (Å²) in [5.74, 6) is 1.65. The Morgan fingerprint density at radius 3 is 2.67 bits per heavy atom. The van der Waals surface area contributed by atoms with Gasteiger partial charge in [-0.2, -0.15) is 5.10 Å². The zero-order valence-electron chi connectivity index (χ0n) is 12.4. The molecule has 1 amide bonds. The van der Waals surface area contributed by atoms with Gasteiger partial charge in [0, 0.05) is 11.3 Å². The van der Waals surface area contributed by atoms with Gasteiger partial charge in [-0.25, -0.2) is 0 Å². The Balaban J connectivity index is 2.01. The number of aromatic amines is 1. The van der Waals surface area contributed by atoms with E-state index in [0.717, 1.165) is 11.3 Å². The van der Waals surface area contributed by atoms with Gasteiger partial charge < -0.3 is 5.32 Å². The summed E-state index contributed by atoms with van der Waals surface area (Å²) in [5, 5.41) is 10.2. The number of carbonyl (C=O) groups is 1. The van der Waals surface area contributed by atoms with Crippen LogP contribution >= 0.6 is 11.8 Å². The number of H-pyrrole nitrogens is 1. The molecule has 0 saturated carbocycles. The molecule has 21 heavy (non-hydrogen) atoms. The second-order valence-corrected chi connectivity index (χ2v) is 6.76. The number of aromatic nitrogens is 2. The van der Waals surface area contributed by atoms with Crippen LogP contribution in [0.15, 0.2) is 24.3 Å². The Morgan fingerprint density at radius 1 is 1.29 bits per heavy atom. The average molecular weight is 301 g/mol. The predicted molar refractivity (Wildman–Crippen MR) is 86.8 cm³/mol. The number of fused-ring (bicyclic) bond motifs is 1. The fraction of sp³-hybridized carbons (Fsp3) is 0.375. The van der Waals surface area contributed by atoms with Crippen LogP contribution in [0.25, 0.3) is 0 Å². The molecule has 1 atom stereocenters. The van der Waals surface area contributed by atoms with Gasteiger partial charge in [-0.1, -0.05) is 38.1 Å². The molecule has 0 bridgehead atoms. The zero-order valence-corrected chi connectivity index (χ0v) is 13.3. The minimum absolute atomic E-state index is 0.00838. The Kier molecular flexibility index (Phi) is 3.76. The fourth-order valence-corrected chi connectivity index (χ4v) is 3.78. The quantitative estimate of drug-likeness (QED) is 0.890. The van der Waals surface area contributed by atoms with Crippen molar-refractivity contribution in [1.29, 1.82) is 0 Å². The molecule has 2 aromatic rings.